The molecule has 258 valence electrons. The Morgan fingerprint density at radius 3 is 2.18 bits per heavy atom. The van der Waals surface area contributed by atoms with Crippen LogP contribution in [-0.2, 0) is 37.0 Å². The van der Waals surface area contributed by atoms with Crippen LogP contribution < -0.4 is 42.5 Å². The van der Waals surface area contributed by atoms with Crippen LogP contribution in [0.3, 0.4) is 0 Å². The van der Waals surface area contributed by atoms with Crippen LogP contribution in [-0.4, -0.2) is 37.9 Å². The maximum atomic E-state index is 12.1. The van der Waals surface area contributed by atoms with Crippen LogP contribution in [0.5, 0.6) is 11.5 Å². The molecule has 5 aliphatic heterocycles. The standard InChI is InChI=1S/C43H45N3O3.ClH/c1-43(2,3)49-42(47)44-26-27-12-14-28(15-13-27)29-16-18-30(19-17-29)37-35-24-31-8-4-20-45-22-6-10-33(38(31)45)40(35)48-41-34-11-7-23-46-21-5-9-32(39(34)46)25-36(37)41;/h12-19,24-25H,4-11,20-23,26H2,1-3H3;1H. The molecule has 9 rings (SSSR count). The third-order valence-corrected chi connectivity index (χ3v) is 11.0. The number of nitrogens with one attached hydrogen (secondary N) is 1. The van der Waals surface area contributed by atoms with E-state index in [1.807, 2.05) is 20.8 Å². The first-order chi connectivity index (χ1) is 23.8. The number of amides is 1. The first kappa shape index (κ1) is 32.9. The molecule has 6 nitrogen and oxygen atoms in total. The van der Waals surface area contributed by atoms with Gasteiger partial charge in [-0.05, 0) is 99.2 Å². The van der Waals surface area contributed by atoms with Gasteiger partial charge in [0.15, 0.2) is 0 Å². The molecule has 1 amide bonds. The topological polar surface area (TPSA) is 53.8 Å². The molecule has 0 saturated heterocycles. The van der Waals surface area contributed by atoms with Crippen LogP contribution in [0, 0.1) is 0 Å². The highest BCUT2D eigenvalue weighted by Gasteiger charge is 2.35. The Morgan fingerprint density at radius 2 is 1.44 bits per heavy atom. The smallest absolute Gasteiger partial charge is 0.407 e. The molecule has 0 spiro atoms. The maximum absolute atomic E-state index is 12.1. The van der Waals surface area contributed by atoms with E-state index in [2.05, 4.69) is 75.5 Å². The van der Waals surface area contributed by atoms with Gasteiger partial charge >= 0.3 is 6.09 Å². The van der Waals surface area contributed by atoms with Crippen molar-refractivity contribution in [2.45, 2.75) is 84.3 Å². The lowest BCUT2D eigenvalue weighted by Crippen LogP contribution is -3.00. The largest absolute Gasteiger partial charge is 1.00 e. The van der Waals surface area contributed by atoms with Gasteiger partial charge in [-0.1, -0.05) is 48.5 Å². The summed E-state index contributed by atoms with van der Waals surface area (Å²) in [7, 11) is 0. The molecule has 1 N–H and O–H groups in total. The van der Waals surface area contributed by atoms with E-state index >= 15 is 0 Å². The van der Waals surface area contributed by atoms with Crippen molar-refractivity contribution in [3.63, 3.8) is 0 Å². The van der Waals surface area contributed by atoms with Crippen molar-refractivity contribution in [2.24, 2.45) is 0 Å². The van der Waals surface area contributed by atoms with E-state index in [-0.39, 0.29) is 12.4 Å². The van der Waals surface area contributed by atoms with Crippen LogP contribution in [0.15, 0.2) is 60.7 Å². The SMILES string of the molecule is CC(C)(C)OC(=O)NCc1ccc(-c2ccc(C3=c4cc5c6c(c4Oc4c3cc3c7c4CCCN7CCC3)CCC[N+]=6CCC5)cc2)cc1.[Cl-]. The van der Waals surface area contributed by atoms with Crippen molar-refractivity contribution >= 4 is 17.4 Å². The Hall–Kier alpha value is -4.29. The van der Waals surface area contributed by atoms with Gasteiger partial charge in [0.25, 0.3) is 0 Å². The predicted molar refractivity (Wildman–Crippen MR) is 195 cm³/mol. The fourth-order valence-electron chi connectivity index (χ4n) is 8.96. The molecule has 0 bridgehead atoms. The van der Waals surface area contributed by atoms with E-state index < -0.39 is 11.7 Å². The van der Waals surface area contributed by atoms with Crippen molar-refractivity contribution in [1.29, 1.82) is 0 Å². The Bertz CT molecular complexity index is 2120. The summed E-state index contributed by atoms with van der Waals surface area (Å²) in [6.07, 6.45) is 8.85. The molecule has 50 heavy (non-hydrogen) atoms. The highest BCUT2D eigenvalue weighted by Crippen LogP contribution is 2.48. The van der Waals surface area contributed by atoms with Gasteiger partial charge < -0.3 is 32.1 Å². The number of rotatable bonds is 4. The third-order valence-electron chi connectivity index (χ3n) is 11.0. The number of aryl methyl sites for hydroxylation is 2. The highest BCUT2D eigenvalue weighted by molar-refractivity contribution is 5.90. The number of hydrogen-bond donors (Lipinski definition) is 1. The Labute approximate surface area is 301 Å². The van der Waals surface area contributed by atoms with Gasteiger partial charge in [-0.2, -0.15) is 0 Å². The second kappa shape index (κ2) is 12.8. The molecule has 0 unspecified atom stereocenters. The molecule has 0 aromatic heterocycles. The number of fused-ring (bicyclic) bond motifs is 4. The quantitative estimate of drug-likeness (QED) is 0.292. The predicted octanol–water partition coefficient (Wildman–Crippen LogP) is 3.82. The number of ether oxygens (including phenoxy) is 2. The fourth-order valence-corrected chi connectivity index (χ4v) is 8.96. The first-order valence-electron chi connectivity index (χ1n) is 18.4. The third kappa shape index (κ3) is 5.75. The minimum Gasteiger partial charge on any atom is -1.00 e. The number of halogens is 1. The van der Waals surface area contributed by atoms with Gasteiger partial charge in [0, 0.05) is 65.6 Å². The summed E-state index contributed by atoms with van der Waals surface area (Å²) in [5.74, 6) is 2.22. The number of carbonyl (C=O) groups excluding carboxylic acids is 1. The number of hydrogen-bond acceptors (Lipinski definition) is 4. The molecule has 4 aromatic carbocycles. The lowest BCUT2D eigenvalue weighted by atomic mass is 9.82. The molecule has 0 radical (unpaired) electrons. The van der Waals surface area contributed by atoms with Crippen molar-refractivity contribution < 1.29 is 26.7 Å². The van der Waals surface area contributed by atoms with Gasteiger partial charge in [-0.15, -0.1) is 0 Å². The summed E-state index contributed by atoms with van der Waals surface area (Å²) in [4.78, 5) is 14.8. The lowest BCUT2D eigenvalue weighted by molar-refractivity contribution is -0.0000317. The van der Waals surface area contributed by atoms with E-state index in [9.17, 15) is 4.79 Å². The van der Waals surface area contributed by atoms with E-state index in [1.165, 1.54) is 86.5 Å². The summed E-state index contributed by atoms with van der Waals surface area (Å²) in [6.45, 7) is 10.7. The van der Waals surface area contributed by atoms with E-state index in [0.717, 1.165) is 74.5 Å². The van der Waals surface area contributed by atoms with Crippen LogP contribution in [0.1, 0.15) is 85.4 Å². The highest BCUT2D eigenvalue weighted by atomic mass is 35.5. The molecule has 5 aliphatic rings. The monoisotopic (exact) mass is 687 g/mol. The Morgan fingerprint density at radius 1 is 0.800 bits per heavy atom. The molecule has 0 saturated carbocycles. The Kier molecular flexibility index (Phi) is 8.42. The van der Waals surface area contributed by atoms with Gasteiger partial charge in [0.1, 0.15) is 30.2 Å². The van der Waals surface area contributed by atoms with Crippen molar-refractivity contribution in [1.82, 2.24) is 9.89 Å². The van der Waals surface area contributed by atoms with Crippen LogP contribution in [0.4, 0.5) is 10.5 Å². The zero-order valence-electron chi connectivity index (χ0n) is 29.5. The molecule has 7 heteroatoms. The van der Waals surface area contributed by atoms with Gasteiger partial charge in [-0.3, -0.25) is 0 Å². The summed E-state index contributed by atoms with van der Waals surface area (Å²) in [5.41, 5.74) is 14.0. The lowest BCUT2D eigenvalue weighted by Gasteiger charge is -2.39. The summed E-state index contributed by atoms with van der Waals surface area (Å²) in [6, 6.07) is 22.6. The number of alkyl carbamates (subject to hydrolysis) is 1. The van der Waals surface area contributed by atoms with Gasteiger partial charge in [0.2, 0.25) is 5.36 Å². The van der Waals surface area contributed by atoms with E-state index in [4.69, 9.17) is 9.47 Å². The van der Waals surface area contributed by atoms with E-state index in [0.29, 0.717) is 6.54 Å². The number of nitrogens with zero attached hydrogens (tertiary/aromatic N) is 2. The molecule has 4 aromatic rings. The average Bonchev–Trinajstić information content (AvgIpc) is 3.10. The summed E-state index contributed by atoms with van der Waals surface area (Å²) >= 11 is 0. The molecule has 0 atom stereocenters. The summed E-state index contributed by atoms with van der Waals surface area (Å²) in [5, 5.41) is 5.60. The number of benzene rings is 4. The molecule has 0 fully saturated rings. The normalized spacial score (nSPS) is 17.0. The number of anilines is 1. The zero-order chi connectivity index (χ0) is 33.3. The Balaban J connectivity index is 0.00000361. The second-order valence-electron chi connectivity index (χ2n) is 15.5. The zero-order valence-corrected chi connectivity index (χ0v) is 30.2. The fraction of sp³-hybridized carbons (Fsp3) is 0.395. The van der Waals surface area contributed by atoms with E-state index in [1.54, 1.807) is 0 Å². The first-order valence-corrected chi connectivity index (χ1v) is 18.4. The molecular weight excluding hydrogens is 642 g/mol. The van der Waals surface area contributed by atoms with Crippen LogP contribution >= 0.6 is 0 Å². The second-order valence-corrected chi connectivity index (χ2v) is 15.5. The summed E-state index contributed by atoms with van der Waals surface area (Å²) < 4.78 is 15.2. The van der Waals surface area contributed by atoms with Crippen molar-refractivity contribution in [2.75, 3.05) is 31.1 Å². The number of carbonyl (C=O) groups is 1. The van der Waals surface area contributed by atoms with Crippen LogP contribution in [0.25, 0.3) is 16.7 Å². The maximum Gasteiger partial charge on any atom is 0.407 e. The van der Waals surface area contributed by atoms with Crippen LogP contribution in [0.2, 0.25) is 0 Å². The molecule has 5 heterocycles. The van der Waals surface area contributed by atoms with Gasteiger partial charge in [0.05, 0.1) is 5.56 Å². The molecular formula is C43H46ClN3O3. The minimum absolute atomic E-state index is 0. The minimum atomic E-state index is -0.513. The van der Waals surface area contributed by atoms with Gasteiger partial charge in [-0.25, -0.2) is 9.37 Å². The molecule has 0 aliphatic carbocycles. The average molecular weight is 688 g/mol. The van der Waals surface area contributed by atoms with Crippen molar-refractivity contribution in [3.8, 4) is 22.6 Å². The van der Waals surface area contributed by atoms with Crippen molar-refractivity contribution in [3.05, 3.63) is 110 Å².